The highest BCUT2D eigenvalue weighted by Gasteiger charge is 2.57. The number of ketones is 8. The molecule has 9 aromatic rings. The van der Waals surface area contributed by atoms with Crippen LogP contribution in [0.5, 0.6) is 0 Å². The molecule has 0 saturated carbocycles. The Morgan fingerprint density at radius 3 is 0.923 bits per heavy atom. The Labute approximate surface area is 816 Å². The largest absolute Gasteiger partial charge is 0.399 e. The van der Waals surface area contributed by atoms with Gasteiger partial charge in [-0.15, -0.1) is 0 Å². The number of nitrogens with zero attached hydrogens (tertiary/aromatic N) is 4. The molecule has 17 rings (SSSR count). The van der Waals surface area contributed by atoms with E-state index in [-0.39, 0.29) is 85.8 Å². The van der Waals surface area contributed by atoms with Gasteiger partial charge in [0.05, 0.1) is 67.4 Å². The Morgan fingerprint density at radius 1 is 0.303 bits per heavy atom. The van der Waals surface area contributed by atoms with Gasteiger partial charge >= 0.3 is 0 Å². The second kappa shape index (κ2) is 40.8. The fraction of sp³-hybridized carbons (Fsp3) is 0.178. The number of amides is 5. The molecule has 37 nitrogen and oxygen atoms in total. The fourth-order valence-electron chi connectivity index (χ4n) is 17.6. The normalized spacial score (nSPS) is 19.7. The van der Waals surface area contributed by atoms with Gasteiger partial charge in [-0.05, 0) is 214 Å². The lowest BCUT2D eigenvalue weighted by molar-refractivity contribution is -0.137. The van der Waals surface area contributed by atoms with Crippen LogP contribution in [0.3, 0.4) is 0 Å². The van der Waals surface area contributed by atoms with E-state index in [1.807, 2.05) is 0 Å². The van der Waals surface area contributed by atoms with Crippen molar-refractivity contribution >= 4 is 189 Å². The maximum absolute atomic E-state index is 14.1. The first-order valence-electron chi connectivity index (χ1n) is 43.8. The molecule has 8 atom stereocenters. The van der Waals surface area contributed by atoms with Crippen LogP contribution in [-0.2, 0) is 102 Å². The summed E-state index contributed by atoms with van der Waals surface area (Å²) < 4.78 is 114. The third kappa shape index (κ3) is 20.5. The minimum atomic E-state index is -4.22. The average Bonchev–Trinajstić information content (AvgIpc) is 1.56. The molecule has 41 heteroatoms. The van der Waals surface area contributed by atoms with Crippen LogP contribution < -0.4 is 66.7 Å². The van der Waals surface area contributed by atoms with E-state index in [2.05, 4.69) is 26.6 Å². The maximum atomic E-state index is 14.1. The van der Waals surface area contributed by atoms with Gasteiger partial charge in [0.25, 0.3) is 40.1 Å². The second-order valence-corrected chi connectivity index (χ2v) is 41.4. The Hall–Kier alpha value is -16.6. The van der Waals surface area contributed by atoms with E-state index in [1.54, 1.807) is 134 Å². The third-order valence-corrected chi connectivity index (χ3v) is 31.6. The number of carbonyl (C=O) groups is 13. The number of carbonyl (C=O) groups excluding carboxylic acids is 13. The predicted molar refractivity (Wildman–Crippen MR) is 531 cm³/mol. The van der Waals surface area contributed by atoms with Crippen LogP contribution in [0.4, 0.5) is 45.5 Å². The Bertz CT molecular complexity index is 7520. The molecular formula is C101H96N16O21S4. The number of nitrogens with two attached hydrogens (primary N) is 7. The molecule has 0 spiro atoms. The van der Waals surface area contributed by atoms with Crippen molar-refractivity contribution in [1.29, 1.82) is 0 Å². The van der Waals surface area contributed by atoms with Gasteiger partial charge in [-0.25, -0.2) is 33.7 Å². The molecule has 5 amide bonds. The summed E-state index contributed by atoms with van der Waals surface area (Å²) in [7, 11) is -16.5. The maximum Gasteiger partial charge on any atom is 0.264 e. The number of Topliss-reactive ketones (excluding diaryl/α,β-unsaturated/α-hetero) is 8. The number of hydrogen-bond acceptors (Lipinski definition) is 28. The summed E-state index contributed by atoms with van der Waals surface area (Å²) in [6.45, 7) is 7.48. The van der Waals surface area contributed by atoms with Crippen molar-refractivity contribution < 1.29 is 96.0 Å². The summed E-state index contributed by atoms with van der Waals surface area (Å²) in [4.78, 5) is 163. The van der Waals surface area contributed by atoms with Gasteiger partial charge in [0.2, 0.25) is 75.8 Å². The first-order valence-corrected chi connectivity index (χ1v) is 49.6. The van der Waals surface area contributed by atoms with E-state index in [0.29, 0.717) is 107 Å². The molecule has 0 aromatic heterocycles. The quantitative estimate of drug-likeness (QED) is 0.0243. The standard InChI is InChI=1S/C29H26N4O5S.C25H24N4O6S.C24H24N4O5S.C23H22N4O5S/c1-17(34)32-15-23-25(19-5-3-2-4-6-19)27-26(29(36)28(23)35)24(18-7-9-20(30)10-8-18)16-33(27)39(37,38)22-13-11-21(31)12-14-22;1-14(30)27-12-17-11-22-23(25(33)24(17)32)21(16-3-7-19(8-4-16)28-15(2)31)13-29(22)36(34,35)20-9-5-18(26)6-10-20;1-13-19(11-27-14(2)29)23(30)24(31)21-20(15-3-5-16(25)6-4-15)12-28(22(13)21)34(32,33)18-9-7-17(26)8-10-18;1-13(28)26-17-6-2-14(3-7-17)19-12-27(33(31,32)18-8-4-16(25)5-9-18)20-10-15(11-24)22(29)23(30)21(19)20/h2-14,16,26-27H,15,30-31H2,1H3,(H,32,34);3-11,13,22-23H,12,26H2,1-2H3,(H,27,30)(H,28,31);3-10,12,21-22H,11,25-26H2,1-2H3,(H,27,29);2-10,12,20-21H,11,24-25H2,1H3,(H,26,28). The van der Waals surface area contributed by atoms with E-state index in [1.165, 1.54) is 169 Å². The predicted octanol–water partition coefficient (Wildman–Crippen LogP) is 6.87. The lowest BCUT2D eigenvalue weighted by atomic mass is 9.73. The molecule has 8 aliphatic rings. The van der Waals surface area contributed by atoms with Crippen molar-refractivity contribution in [2.45, 2.75) is 85.3 Å². The number of benzene rings is 9. The van der Waals surface area contributed by atoms with Gasteiger partial charge < -0.3 is 66.7 Å². The molecule has 0 fully saturated rings. The van der Waals surface area contributed by atoms with E-state index in [4.69, 9.17) is 40.1 Å². The van der Waals surface area contributed by atoms with E-state index in [0.717, 1.165) is 17.2 Å². The summed E-state index contributed by atoms with van der Waals surface area (Å²) >= 11 is 0. The van der Waals surface area contributed by atoms with Gasteiger partial charge in [0, 0.05) is 153 Å². The highest BCUT2D eigenvalue weighted by atomic mass is 32.2. The zero-order chi connectivity index (χ0) is 103. The van der Waals surface area contributed by atoms with Gasteiger partial charge in [-0.1, -0.05) is 91.0 Å². The summed E-state index contributed by atoms with van der Waals surface area (Å²) in [5, 5.41) is 12.9. The smallest absolute Gasteiger partial charge is 0.264 e. The second-order valence-electron chi connectivity index (χ2n) is 34.0. The van der Waals surface area contributed by atoms with Gasteiger partial charge in [-0.3, -0.25) is 79.5 Å². The molecular weight excluding hydrogens is 1900 g/mol. The van der Waals surface area contributed by atoms with Crippen molar-refractivity contribution in [2.75, 3.05) is 71.2 Å². The van der Waals surface area contributed by atoms with Crippen LogP contribution in [0.15, 0.2) is 309 Å². The van der Waals surface area contributed by atoms with Crippen LogP contribution in [0.2, 0.25) is 0 Å². The molecule has 730 valence electrons. The van der Waals surface area contributed by atoms with Crippen LogP contribution in [0.25, 0.3) is 27.9 Å². The van der Waals surface area contributed by atoms with Crippen molar-refractivity contribution in [1.82, 2.24) is 33.2 Å². The zero-order valence-electron chi connectivity index (χ0n) is 76.8. The topological polar surface area (TPSA) is 614 Å². The number of nitrogens with one attached hydrogen (secondary N) is 5. The summed E-state index contributed by atoms with van der Waals surface area (Å²) in [5.41, 5.74) is 49.2. The van der Waals surface area contributed by atoms with Crippen molar-refractivity contribution in [3.05, 3.63) is 317 Å². The number of anilines is 8. The van der Waals surface area contributed by atoms with Crippen LogP contribution in [-0.4, -0.2) is 177 Å². The van der Waals surface area contributed by atoms with Gasteiger partial charge in [0.15, 0.2) is 0 Å². The molecule has 0 saturated heterocycles. The van der Waals surface area contributed by atoms with Gasteiger partial charge in [-0.2, -0.15) is 0 Å². The highest BCUT2D eigenvalue weighted by Crippen LogP contribution is 2.52. The third-order valence-electron chi connectivity index (χ3n) is 24.5. The molecule has 4 aliphatic heterocycles. The first kappa shape index (κ1) is 101. The number of sulfonamides is 4. The SMILES string of the molecule is CC(=O)NCC1=C(C)C2C(C(=O)C1=O)C(c1ccc(N)cc1)=CN2S(=O)(=O)c1ccc(N)cc1.CC(=O)NCC1=C(c2ccccc2)C2C(C(=O)C1=O)C(c1ccc(N)cc1)=CN2S(=O)(=O)c1ccc(N)cc1.CC(=O)NCC1=CC2C(C(=O)C1=O)C(c1ccc(NC(C)=O)cc1)=CN2S(=O)(=O)c1ccc(N)cc1.CC(=O)Nc1ccc(C2=CN(S(=O)(=O)c3ccc(N)cc3)C3C=C(CN)C(=O)C(=O)C23)cc1. The molecule has 142 heavy (non-hydrogen) atoms. The van der Waals surface area contributed by atoms with E-state index >= 15 is 0 Å². The zero-order valence-corrected chi connectivity index (χ0v) is 80.1. The van der Waals surface area contributed by atoms with Crippen molar-refractivity contribution in [3.8, 4) is 0 Å². The molecule has 19 N–H and O–H groups in total. The lowest BCUT2D eigenvalue weighted by Gasteiger charge is -2.36. The van der Waals surface area contributed by atoms with Crippen LogP contribution in [0.1, 0.15) is 69.4 Å². The van der Waals surface area contributed by atoms with E-state index < -0.39 is 146 Å². The first-order chi connectivity index (χ1) is 67.2. The van der Waals surface area contributed by atoms with Crippen LogP contribution >= 0.6 is 0 Å². The summed E-state index contributed by atoms with van der Waals surface area (Å²) in [5.74, 6) is -11.8. The molecule has 0 bridgehead atoms. The van der Waals surface area contributed by atoms with E-state index in [9.17, 15) is 96.0 Å². The molecule has 9 aromatic carbocycles. The minimum Gasteiger partial charge on any atom is -0.399 e. The Kier molecular flexibility index (Phi) is 29.1. The van der Waals surface area contributed by atoms with Crippen molar-refractivity contribution in [3.63, 3.8) is 0 Å². The molecule has 4 aliphatic carbocycles. The Balaban J connectivity index is 0.000000151. The molecule has 8 unspecified atom stereocenters. The van der Waals surface area contributed by atoms with Gasteiger partial charge in [0.1, 0.15) is 0 Å². The Morgan fingerprint density at radius 2 is 0.577 bits per heavy atom. The monoisotopic (exact) mass is 2000 g/mol. The molecule has 4 heterocycles. The minimum absolute atomic E-state index is 0.000929. The summed E-state index contributed by atoms with van der Waals surface area (Å²) in [6.07, 6.45) is 8.45. The average molecular weight is 2000 g/mol. The highest BCUT2D eigenvalue weighted by molar-refractivity contribution is 7.90. The van der Waals surface area contributed by atoms with Crippen LogP contribution in [0, 0.1) is 23.7 Å². The number of fused-ring (bicyclic) bond motifs is 4. The fourth-order valence-corrected chi connectivity index (χ4v) is 23.7. The van der Waals surface area contributed by atoms with Crippen molar-refractivity contribution in [2.24, 2.45) is 29.4 Å². The number of hydrogen-bond donors (Lipinski definition) is 12. The lowest BCUT2D eigenvalue weighted by Crippen LogP contribution is -2.48. The number of nitrogen functional groups attached to an aromatic ring is 6. The summed E-state index contributed by atoms with van der Waals surface area (Å²) in [6, 6.07) is 54.2. The molecule has 0 radical (unpaired) electrons. The number of rotatable bonds is 22.